The van der Waals surface area contributed by atoms with Crippen LogP contribution in [0.4, 0.5) is 5.95 Å². The Morgan fingerprint density at radius 2 is 1.74 bits per heavy atom. The van der Waals surface area contributed by atoms with Crippen LogP contribution in [0.3, 0.4) is 0 Å². The summed E-state index contributed by atoms with van der Waals surface area (Å²) in [7, 11) is 3.21. The highest BCUT2D eigenvalue weighted by atomic mass is 16.5. The van der Waals surface area contributed by atoms with Crippen molar-refractivity contribution in [2.45, 2.75) is 25.4 Å². The van der Waals surface area contributed by atoms with E-state index in [0.29, 0.717) is 41.1 Å². The number of benzene rings is 2. The number of nitrogens with one attached hydrogen (secondary N) is 1. The van der Waals surface area contributed by atoms with E-state index in [4.69, 9.17) is 14.5 Å². The highest BCUT2D eigenvalue weighted by Crippen LogP contribution is 2.27. The number of hydrogen-bond acceptors (Lipinski definition) is 6. The molecule has 8 nitrogen and oxygen atoms in total. The van der Waals surface area contributed by atoms with E-state index in [0.717, 1.165) is 24.2 Å². The fraction of sp³-hybridized carbons (Fsp3) is 0.261. The van der Waals surface area contributed by atoms with E-state index in [1.165, 1.54) is 0 Å². The quantitative estimate of drug-likeness (QED) is 0.497. The van der Waals surface area contributed by atoms with E-state index < -0.39 is 0 Å². The average molecular weight is 417 g/mol. The van der Waals surface area contributed by atoms with Crippen LogP contribution in [-0.2, 0) is 6.54 Å². The number of imidazole rings is 1. The Labute approximate surface area is 179 Å². The van der Waals surface area contributed by atoms with Gasteiger partial charge in [0.1, 0.15) is 17.0 Å². The monoisotopic (exact) mass is 417 g/mol. The molecule has 2 heterocycles. The lowest BCUT2D eigenvalue weighted by Gasteiger charge is -2.09. The zero-order valence-electron chi connectivity index (χ0n) is 17.4. The van der Waals surface area contributed by atoms with Crippen molar-refractivity contribution < 1.29 is 9.47 Å². The third-order valence-electron chi connectivity index (χ3n) is 5.43. The largest absolute Gasteiger partial charge is 0.496 e. The Morgan fingerprint density at radius 1 is 1.03 bits per heavy atom. The summed E-state index contributed by atoms with van der Waals surface area (Å²) < 4.78 is 14.3. The summed E-state index contributed by atoms with van der Waals surface area (Å²) in [5.41, 5.74) is 2.48. The van der Waals surface area contributed by atoms with E-state index in [2.05, 4.69) is 10.3 Å². The smallest absolute Gasteiger partial charge is 0.335 e. The van der Waals surface area contributed by atoms with Crippen molar-refractivity contribution in [3.05, 3.63) is 70.8 Å². The molecule has 2 aromatic carbocycles. The van der Waals surface area contributed by atoms with Gasteiger partial charge >= 0.3 is 5.69 Å². The van der Waals surface area contributed by atoms with Crippen molar-refractivity contribution in [1.82, 2.24) is 19.1 Å². The zero-order valence-corrected chi connectivity index (χ0v) is 17.4. The van der Waals surface area contributed by atoms with Crippen LogP contribution in [0.1, 0.15) is 18.4 Å². The third kappa shape index (κ3) is 3.50. The summed E-state index contributed by atoms with van der Waals surface area (Å²) in [6, 6.07) is 15.5. The second kappa shape index (κ2) is 7.79. The molecule has 4 aromatic rings. The first-order valence-electron chi connectivity index (χ1n) is 10.2. The number of ether oxygens (including phenoxy) is 2. The first-order valence-corrected chi connectivity index (χ1v) is 10.2. The highest BCUT2D eigenvalue weighted by Gasteiger charge is 2.24. The summed E-state index contributed by atoms with van der Waals surface area (Å²) in [5, 5.41) is 3.31. The summed E-state index contributed by atoms with van der Waals surface area (Å²) in [6.45, 7) is 0.334. The molecule has 31 heavy (non-hydrogen) atoms. The first kappa shape index (κ1) is 19.2. The Morgan fingerprint density at radius 3 is 2.48 bits per heavy atom. The summed E-state index contributed by atoms with van der Waals surface area (Å²) in [6.07, 6.45) is 3.92. The minimum absolute atomic E-state index is 0.219. The van der Waals surface area contributed by atoms with E-state index >= 15 is 0 Å². The van der Waals surface area contributed by atoms with Crippen molar-refractivity contribution in [1.29, 1.82) is 0 Å². The molecular weight excluding hydrogens is 394 g/mol. The fourth-order valence-electron chi connectivity index (χ4n) is 3.70. The number of para-hydroxylation sites is 3. The maximum Gasteiger partial charge on any atom is 0.335 e. The Bertz CT molecular complexity index is 1310. The molecular formula is C23H23N5O3. The second-order valence-corrected chi connectivity index (χ2v) is 7.51. The molecule has 0 aliphatic heterocycles. The summed E-state index contributed by atoms with van der Waals surface area (Å²) in [5.74, 6) is 1.84. The molecule has 0 amide bonds. The van der Waals surface area contributed by atoms with Crippen LogP contribution in [0.2, 0.25) is 0 Å². The number of aromatic nitrogens is 4. The number of methoxy groups -OCH3 is 2. The van der Waals surface area contributed by atoms with Crippen molar-refractivity contribution in [2.75, 3.05) is 19.5 Å². The zero-order chi connectivity index (χ0) is 21.4. The van der Waals surface area contributed by atoms with Gasteiger partial charge in [-0.05, 0) is 31.0 Å². The minimum atomic E-state index is -0.219. The average Bonchev–Trinajstić information content (AvgIpc) is 3.58. The minimum Gasteiger partial charge on any atom is -0.496 e. The molecule has 0 radical (unpaired) electrons. The molecule has 0 saturated heterocycles. The lowest BCUT2D eigenvalue weighted by molar-refractivity contribution is 0.408. The van der Waals surface area contributed by atoms with E-state index in [9.17, 15) is 4.79 Å². The lowest BCUT2D eigenvalue weighted by Crippen LogP contribution is -2.24. The highest BCUT2D eigenvalue weighted by molar-refractivity contribution is 5.75. The molecule has 0 atom stereocenters. The normalized spacial score (nSPS) is 13.4. The molecule has 8 heteroatoms. The number of anilines is 1. The molecule has 5 rings (SSSR count). The molecule has 1 N–H and O–H groups in total. The molecule has 1 saturated carbocycles. The molecule has 0 unspecified atom stereocenters. The maximum absolute atomic E-state index is 13.6. The predicted octanol–water partition coefficient (Wildman–Crippen LogP) is 3.22. The van der Waals surface area contributed by atoms with Crippen LogP contribution in [0, 0.1) is 0 Å². The van der Waals surface area contributed by atoms with Gasteiger partial charge in [0.05, 0.1) is 32.6 Å². The number of hydrogen-bond donors (Lipinski definition) is 1. The lowest BCUT2D eigenvalue weighted by atomic mass is 10.2. The van der Waals surface area contributed by atoms with Gasteiger partial charge in [-0.3, -0.25) is 4.57 Å². The van der Waals surface area contributed by atoms with E-state index in [1.807, 2.05) is 48.5 Å². The molecule has 2 aromatic heterocycles. The third-order valence-corrected chi connectivity index (χ3v) is 5.43. The van der Waals surface area contributed by atoms with Gasteiger partial charge in [-0.2, -0.15) is 4.98 Å². The molecule has 0 bridgehead atoms. The van der Waals surface area contributed by atoms with Gasteiger partial charge in [0, 0.05) is 11.6 Å². The number of nitrogens with zero attached hydrogens (tertiary/aromatic N) is 4. The van der Waals surface area contributed by atoms with Crippen LogP contribution in [-0.4, -0.2) is 39.4 Å². The molecule has 158 valence electrons. The van der Waals surface area contributed by atoms with Gasteiger partial charge in [0.15, 0.2) is 5.65 Å². The van der Waals surface area contributed by atoms with Gasteiger partial charge in [-0.25, -0.2) is 14.3 Å². The number of fused-ring (bicyclic) bond motifs is 1. The van der Waals surface area contributed by atoms with Gasteiger partial charge < -0.3 is 14.8 Å². The first-order chi connectivity index (χ1) is 15.2. The molecule has 1 aliphatic carbocycles. The summed E-state index contributed by atoms with van der Waals surface area (Å²) in [4.78, 5) is 22.8. The Kier molecular flexibility index (Phi) is 4.82. The second-order valence-electron chi connectivity index (χ2n) is 7.51. The van der Waals surface area contributed by atoms with Gasteiger partial charge in [-0.1, -0.05) is 30.3 Å². The van der Waals surface area contributed by atoms with E-state index in [1.54, 1.807) is 29.6 Å². The molecule has 1 aliphatic rings. The van der Waals surface area contributed by atoms with Crippen molar-refractivity contribution in [2.24, 2.45) is 0 Å². The topological polar surface area (TPSA) is 83.2 Å². The standard InChI is InChI=1S/C23H23N5O3/c1-30-19-9-5-3-7-15(19)14-27-18-13-24-22(25-16-11-12-16)26-21(18)28(23(27)29)17-8-4-6-10-20(17)31-2/h3-10,13,16H,11-12,14H2,1-2H3,(H,24,25,26). The Balaban J connectivity index is 1.72. The van der Waals surface area contributed by atoms with Crippen molar-refractivity contribution >= 4 is 17.1 Å². The SMILES string of the molecule is COc1ccccc1Cn1c(=O)n(-c2ccccc2OC)c2nc(NC3CC3)ncc21. The van der Waals surface area contributed by atoms with Gasteiger partial charge in [-0.15, -0.1) is 0 Å². The van der Waals surface area contributed by atoms with E-state index in [-0.39, 0.29) is 5.69 Å². The summed E-state index contributed by atoms with van der Waals surface area (Å²) >= 11 is 0. The molecule has 0 spiro atoms. The van der Waals surface area contributed by atoms with Gasteiger partial charge in [0.25, 0.3) is 0 Å². The van der Waals surface area contributed by atoms with Crippen LogP contribution in [0.25, 0.3) is 16.9 Å². The van der Waals surface area contributed by atoms with Crippen LogP contribution < -0.4 is 20.5 Å². The Hall–Kier alpha value is -3.81. The van der Waals surface area contributed by atoms with Crippen LogP contribution >= 0.6 is 0 Å². The fourth-order valence-corrected chi connectivity index (χ4v) is 3.70. The van der Waals surface area contributed by atoms with Crippen LogP contribution in [0.5, 0.6) is 11.5 Å². The predicted molar refractivity (Wildman–Crippen MR) is 118 cm³/mol. The van der Waals surface area contributed by atoms with Crippen LogP contribution in [0.15, 0.2) is 59.5 Å². The molecule has 1 fully saturated rings. The van der Waals surface area contributed by atoms with Crippen molar-refractivity contribution in [3.8, 4) is 17.2 Å². The van der Waals surface area contributed by atoms with Crippen molar-refractivity contribution in [3.63, 3.8) is 0 Å². The number of rotatable bonds is 7. The van der Waals surface area contributed by atoms with Gasteiger partial charge in [0.2, 0.25) is 5.95 Å². The maximum atomic E-state index is 13.6.